The Balaban J connectivity index is 2.01. The van der Waals surface area contributed by atoms with Crippen LogP contribution in [-0.2, 0) is 4.79 Å². The summed E-state index contributed by atoms with van der Waals surface area (Å²) in [5, 5.41) is 10.6. The SMILES string of the molecule is COc1cc(C(=O)NNC(=O)/C=C/c2ccc([N+](=O)[O-])cc2)cc(OC)c1OC. The maximum absolute atomic E-state index is 12.3. The van der Waals surface area contributed by atoms with Crippen LogP contribution in [-0.4, -0.2) is 38.1 Å². The second-order valence-corrected chi connectivity index (χ2v) is 5.54. The van der Waals surface area contributed by atoms with Crippen molar-refractivity contribution in [3.05, 3.63) is 63.7 Å². The number of rotatable bonds is 7. The summed E-state index contributed by atoms with van der Waals surface area (Å²) in [6.07, 6.45) is 2.63. The maximum Gasteiger partial charge on any atom is 0.269 e. The van der Waals surface area contributed by atoms with Gasteiger partial charge in [0.05, 0.1) is 26.3 Å². The molecule has 0 saturated carbocycles. The number of non-ortho nitro benzene ring substituents is 1. The molecule has 2 amide bonds. The van der Waals surface area contributed by atoms with E-state index in [-0.39, 0.29) is 11.3 Å². The molecule has 2 rings (SSSR count). The Labute approximate surface area is 166 Å². The summed E-state index contributed by atoms with van der Waals surface area (Å²) in [6.45, 7) is 0. The highest BCUT2D eigenvalue weighted by Gasteiger charge is 2.17. The van der Waals surface area contributed by atoms with Gasteiger partial charge in [-0.25, -0.2) is 0 Å². The maximum atomic E-state index is 12.3. The number of carbonyl (C=O) groups is 2. The first kappa shape index (κ1) is 21.2. The van der Waals surface area contributed by atoms with E-state index in [1.165, 1.54) is 69.9 Å². The van der Waals surface area contributed by atoms with Crippen LogP contribution in [0.2, 0.25) is 0 Å². The molecule has 0 saturated heterocycles. The Morgan fingerprint density at radius 3 is 2.03 bits per heavy atom. The molecule has 0 aliphatic heterocycles. The summed E-state index contributed by atoms with van der Waals surface area (Å²) in [4.78, 5) is 34.3. The van der Waals surface area contributed by atoms with Gasteiger partial charge in [-0.2, -0.15) is 0 Å². The minimum absolute atomic E-state index is 0.0517. The van der Waals surface area contributed by atoms with Gasteiger partial charge in [-0.3, -0.25) is 30.6 Å². The van der Waals surface area contributed by atoms with Gasteiger partial charge in [0, 0.05) is 23.8 Å². The highest BCUT2D eigenvalue weighted by atomic mass is 16.6. The van der Waals surface area contributed by atoms with Gasteiger partial charge in [0.1, 0.15) is 0 Å². The number of methoxy groups -OCH3 is 3. The van der Waals surface area contributed by atoms with Crippen LogP contribution in [0.1, 0.15) is 15.9 Å². The zero-order valence-electron chi connectivity index (χ0n) is 15.9. The van der Waals surface area contributed by atoms with Crippen molar-refractivity contribution in [3.8, 4) is 17.2 Å². The predicted molar refractivity (Wildman–Crippen MR) is 104 cm³/mol. The molecule has 0 unspecified atom stereocenters. The Bertz CT molecular complexity index is 914. The Morgan fingerprint density at radius 1 is 0.966 bits per heavy atom. The van der Waals surface area contributed by atoms with E-state index >= 15 is 0 Å². The van der Waals surface area contributed by atoms with Gasteiger partial charge >= 0.3 is 0 Å². The monoisotopic (exact) mass is 401 g/mol. The largest absolute Gasteiger partial charge is 0.493 e. The van der Waals surface area contributed by atoms with Gasteiger partial charge in [-0.05, 0) is 35.9 Å². The number of hydrogen-bond donors (Lipinski definition) is 2. The van der Waals surface area contributed by atoms with Crippen molar-refractivity contribution in [2.45, 2.75) is 0 Å². The summed E-state index contributed by atoms with van der Waals surface area (Å²) < 4.78 is 15.5. The predicted octanol–water partition coefficient (Wildman–Crippen LogP) is 2.09. The van der Waals surface area contributed by atoms with E-state index in [2.05, 4.69) is 10.9 Å². The lowest BCUT2D eigenvalue weighted by atomic mass is 10.1. The highest BCUT2D eigenvalue weighted by molar-refractivity contribution is 5.98. The Morgan fingerprint density at radius 2 is 1.55 bits per heavy atom. The highest BCUT2D eigenvalue weighted by Crippen LogP contribution is 2.38. The number of nitro groups is 1. The number of hydrazine groups is 1. The van der Waals surface area contributed by atoms with E-state index in [1.807, 2.05) is 0 Å². The summed E-state index contributed by atoms with van der Waals surface area (Å²) in [7, 11) is 4.28. The van der Waals surface area contributed by atoms with Gasteiger partial charge in [0.25, 0.3) is 17.5 Å². The molecule has 0 aromatic heterocycles. The first-order valence-corrected chi connectivity index (χ1v) is 8.22. The number of ether oxygens (including phenoxy) is 3. The minimum Gasteiger partial charge on any atom is -0.493 e. The average molecular weight is 401 g/mol. The lowest BCUT2D eigenvalue weighted by molar-refractivity contribution is -0.384. The van der Waals surface area contributed by atoms with Crippen LogP contribution >= 0.6 is 0 Å². The average Bonchev–Trinajstić information content (AvgIpc) is 2.74. The molecule has 0 radical (unpaired) electrons. The van der Waals surface area contributed by atoms with Crippen molar-refractivity contribution < 1.29 is 28.7 Å². The van der Waals surface area contributed by atoms with Crippen molar-refractivity contribution in [3.63, 3.8) is 0 Å². The Kier molecular flexibility index (Phi) is 7.13. The third-order valence-electron chi connectivity index (χ3n) is 3.76. The smallest absolute Gasteiger partial charge is 0.269 e. The van der Waals surface area contributed by atoms with Crippen LogP contribution in [0.4, 0.5) is 5.69 Å². The second kappa shape index (κ2) is 9.74. The van der Waals surface area contributed by atoms with Crippen molar-refractivity contribution in [2.24, 2.45) is 0 Å². The number of hydrogen-bond acceptors (Lipinski definition) is 7. The number of nitro benzene ring substituents is 1. The lowest BCUT2D eigenvalue weighted by Gasteiger charge is -2.14. The standard InChI is InChI=1S/C19H19N3O7/c1-27-15-10-13(11-16(28-2)18(15)29-3)19(24)21-20-17(23)9-6-12-4-7-14(8-5-12)22(25)26/h4-11H,1-3H3,(H,20,23)(H,21,24)/b9-6+. The van der Waals surface area contributed by atoms with E-state index in [0.29, 0.717) is 22.8 Å². The van der Waals surface area contributed by atoms with Gasteiger partial charge in [0.2, 0.25) is 5.75 Å². The topological polar surface area (TPSA) is 129 Å². The molecule has 0 aliphatic carbocycles. The normalized spacial score (nSPS) is 10.3. The van der Waals surface area contributed by atoms with Crippen molar-refractivity contribution in [2.75, 3.05) is 21.3 Å². The summed E-state index contributed by atoms with van der Waals surface area (Å²) in [5.41, 5.74) is 5.22. The third-order valence-corrected chi connectivity index (χ3v) is 3.76. The minimum atomic E-state index is -0.596. The molecular weight excluding hydrogens is 382 g/mol. The molecule has 0 atom stereocenters. The van der Waals surface area contributed by atoms with Crippen molar-refractivity contribution >= 4 is 23.6 Å². The number of carbonyl (C=O) groups excluding carboxylic acids is 2. The molecule has 2 aromatic rings. The molecule has 0 spiro atoms. The fraction of sp³-hybridized carbons (Fsp3) is 0.158. The van der Waals surface area contributed by atoms with Crippen LogP contribution in [0.25, 0.3) is 6.08 Å². The van der Waals surface area contributed by atoms with Crippen LogP contribution in [0.5, 0.6) is 17.2 Å². The quantitative estimate of drug-likeness (QED) is 0.413. The molecule has 2 aromatic carbocycles. The third kappa shape index (κ3) is 5.45. The molecule has 29 heavy (non-hydrogen) atoms. The number of amides is 2. The van der Waals surface area contributed by atoms with E-state index in [0.717, 1.165) is 0 Å². The molecule has 0 fully saturated rings. The summed E-state index contributed by atoms with van der Waals surface area (Å²) in [5.74, 6) is -0.269. The summed E-state index contributed by atoms with van der Waals surface area (Å²) in [6, 6.07) is 8.52. The van der Waals surface area contributed by atoms with Gasteiger partial charge < -0.3 is 14.2 Å². The molecule has 0 bridgehead atoms. The van der Waals surface area contributed by atoms with Gasteiger partial charge in [-0.1, -0.05) is 0 Å². The molecule has 10 nitrogen and oxygen atoms in total. The van der Waals surface area contributed by atoms with E-state index in [4.69, 9.17) is 14.2 Å². The second-order valence-electron chi connectivity index (χ2n) is 5.54. The zero-order chi connectivity index (χ0) is 21.4. The van der Waals surface area contributed by atoms with Crippen LogP contribution in [0.3, 0.4) is 0 Å². The summed E-state index contributed by atoms with van der Waals surface area (Å²) >= 11 is 0. The number of benzene rings is 2. The molecule has 10 heteroatoms. The molecule has 0 aliphatic rings. The first-order valence-electron chi connectivity index (χ1n) is 8.22. The van der Waals surface area contributed by atoms with Crippen molar-refractivity contribution in [1.29, 1.82) is 0 Å². The van der Waals surface area contributed by atoms with E-state index in [1.54, 1.807) is 0 Å². The lowest BCUT2D eigenvalue weighted by Crippen LogP contribution is -2.40. The van der Waals surface area contributed by atoms with Gasteiger partial charge in [-0.15, -0.1) is 0 Å². The van der Waals surface area contributed by atoms with Crippen LogP contribution in [0.15, 0.2) is 42.5 Å². The fourth-order valence-corrected chi connectivity index (χ4v) is 2.32. The first-order chi connectivity index (χ1) is 13.9. The molecule has 152 valence electrons. The fourth-order valence-electron chi connectivity index (χ4n) is 2.32. The van der Waals surface area contributed by atoms with Crippen LogP contribution < -0.4 is 25.1 Å². The van der Waals surface area contributed by atoms with Gasteiger partial charge in [0.15, 0.2) is 11.5 Å². The number of nitrogens with zero attached hydrogens (tertiary/aromatic N) is 1. The number of nitrogens with one attached hydrogen (secondary N) is 2. The zero-order valence-corrected chi connectivity index (χ0v) is 15.9. The Hall–Kier alpha value is -4.08. The van der Waals surface area contributed by atoms with E-state index in [9.17, 15) is 19.7 Å². The van der Waals surface area contributed by atoms with E-state index < -0.39 is 16.7 Å². The molecule has 0 heterocycles. The van der Waals surface area contributed by atoms with Crippen LogP contribution in [0, 0.1) is 10.1 Å². The molecule has 2 N–H and O–H groups in total. The molecular formula is C19H19N3O7. The van der Waals surface area contributed by atoms with Crippen molar-refractivity contribution in [1.82, 2.24) is 10.9 Å².